The lowest BCUT2D eigenvalue weighted by molar-refractivity contribution is -0.126. The van der Waals surface area contributed by atoms with Gasteiger partial charge >= 0.3 is 0 Å². The molecule has 3 rings (SSSR count). The molecule has 2 aromatic carbocycles. The number of aryl methyl sites for hydroxylation is 2. The molecule has 0 aromatic heterocycles. The van der Waals surface area contributed by atoms with Crippen LogP contribution in [0.3, 0.4) is 0 Å². The van der Waals surface area contributed by atoms with Gasteiger partial charge in [-0.3, -0.25) is 9.59 Å². The molecule has 29 heavy (non-hydrogen) atoms. The van der Waals surface area contributed by atoms with Crippen LogP contribution in [-0.2, 0) is 26.0 Å². The molecule has 0 bridgehead atoms. The average molecular weight is 477 g/mol. The molecule has 0 fully saturated rings. The number of anilines is 1. The molecule has 152 valence electrons. The molecule has 2 aromatic rings. The van der Waals surface area contributed by atoms with Crippen LogP contribution in [0.25, 0.3) is 4.91 Å². The van der Waals surface area contributed by atoms with E-state index < -0.39 is 28.4 Å². The summed E-state index contributed by atoms with van der Waals surface area (Å²) in [5, 5.41) is 2.64. The Morgan fingerprint density at radius 2 is 1.76 bits per heavy atom. The number of hydrogen-bond acceptors (Lipinski definition) is 4. The van der Waals surface area contributed by atoms with E-state index in [4.69, 9.17) is 0 Å². The predicted molar refractivity (Wildman–Crippen MR) is 117 cm³/mol. The Morgan fingerprint density at radius 3 is 2.34 bits per heavy atom. The van der Waals surface area contributed by atoms with E-state index in [2.05, 4.69) is 21.2 Å². The first-order valence-corrected chi connectivity index (χ1v) is 11.3. The van der Waals surface area contributed by atoms with Crippen LogP contribution < -0.4 is 5.32 Å². The molecule has 1 N–H and O–H groups in total. The number of hydrogen-bond donors (Lipinski definition) is 1. The molecule has 0 saturated carbocycles. The van der Waals surface area contributed by atoms with Crippen LogP contribution in [0.5, 0.6) is 0 Å². The van der Waals surface area contributed by atoms with Gasteiger partial charge in [-0.2, -0.15) is 0 Å². The van der Waals surface area contributed by atoms with Gasteiger partial charge in [-0.15, -0.1) is 0 Å². The fourth-order valence-corrected chi connectivity index (χ4v) is 5.18. The van der Waals surface area contributed by atoms with Crippen LogP contribution in [0.15, 0.2) is 52.5 Å². The summed E-state index contributed by atoms with van der Waals surface area (Å²) < 4.78 is 27.6. The molecule has 2 amide bonds. The van der Waals surface area contributed by atoms with Crippen molar-refractivity contribution >= 4 is 48.4 Å². The van der Waals surface area contributed by atoms with Gasteiger partial charge in [-0.05, 0) is 55.2 Å². The molecule has 1 heterocycles. The summed E-state index contributed by atoms with van der Waals surface area (Å²) in [6.45, 7) is 4.77. The predicted octanol–water partition coefficient (Wildman–Crippen LogP) is 3.86. The third-order valence-electron chi connectivity index (χ3n) is 4.79. The normalized spacial score (nSPS) is 15.7. The van der Waals surface area contributed by atoms with Crippen molar-refractivity contribution in [1.82, 2.24) is 4.31 Å². The van der Waals surface area contributed by atoms with Gasteiger partial charge in [0.1, 0.15) is 11.4 Å². The van der Waals surface area contributed by atoms with Crippen molar-refractivity contribution < 1.29 is 18.0 Å². The standard InChI is InChI=1S/C21H21BrN2O4S/c1-4-15-5-7-16(8-6-15)20-14(3)21(26)24(29(20,27)28)12-19(25)23-17-9-10-18(22)13(2)11-17/h5-11H,4,12H2,1-3H3,(H,23,25). The second kappa shape index (κ2) is 8.12. The molecular formula is C21H21BrN2O4S. The van der Waals surface area contributed by atoms with E-state index in [-0.39, 0.29) is 10.5 Å². The molecule has 8 heteroatoms. The van der Waals surface area contributed by atoms with Crippen molar-refractivity contribution in [2.45, 2.75) is 27.2 Å². The van der Waals surface area contributed by atoms with Gasteiger partial charge in [0, 0.05) is 15.7 Å². The van der Waals surface area contributed by atoms with E-state index >= 15 is 0 Å². The Balaban J connectivity index is 1.83. The lowest BCUT2D eigenvalue weighted by Gasteiger charge is -2.17. The van der Waals surface area contributed by atoms with E-state index in [0.717, 1.165) is 22.0 Å². The fraction of sp³-hybridized carbons (Fsp3) is 0.238. The number of nitrogens with one attached hydrogen (secondary N) is 1. The maximum Gasteiger partial charge on any atom is 0.268 e. The minimum Gasteiger partial charge on any atom is -0.325 e. The molecule has 6 nitrogen and oxygen atoms in total. The van der Waals surface area contributed by atoms with E-state index in [1.54, 1.807) is 30.3 Å². The first kappa shape index (κ1) is 21.3. The number of amides is 2. The SMILES string of the molecule is CCc1ccc(C2=C(C)C(=O)N(CC(=O)Nc3ccc(Br)c(C)c3)S2(=O)=O)cc1. The van der Waals surface area contributed by atoms with E-state index in [1.165, 1.54) is 6.92 Å². The molecular weight excluding hydrogens is 456 g/mol. The number of halogens is 1. The summed E-state index contributed by atoms with van der Waals surface area (Å²) in [5.41, 5.74) is 3.07. The zero-order chi connectivity index (χ0) is 21.3. The summed E-state index contributed by atoms with van der Waals surface area (Å²) in [5.74, 6) is -1.26. The number of sulfonamides is 1. The number of carbonyl (C=O) groups excluding carboxylic acids is 2. The van der Waals surface area contributed by atoms with Gasteiger partial charge in [-0.25, -0.2) is 12.7 Å². The van der Waals surface area contributed by atoms with Gasteiger partial charge in [0.25, 0.3) is 15.9 Å². The van der Waals surface area contributed by atoms with Crippen molar-refractivity contribution in [3.8, 4) is 0 Å². The smallest absolute Gasteiger partial charge is 0.268 e. The summed E-state index contributed by atoms with van der Waals surface area (Å²) in [6, 6.07) is 12.3. The second-order valence-electron chi connectivity index (χ2n) is 6.83. The van der Waals surface area contributed by atoms with Gasteiger partial charge in [0.15, 0.2) is 0 Å². The number of benzene rings is 2. The quantitative estimate of drug-likeness (QED) is 0.709. The van der Waals surface area contributed by atoms with Crippen LogP contribution >= 0.6 is 15.9 Å². The Bertz CT molecular complexity index is 1120. The van der Waals surface area contributed by atoms with E-state index in [1.807, 2.05) is 26.0 Å². The molecule has 1 aliphatic rings. The highest BCUT2D eigenvalue weighted by Crippen LogP contribution is 2.35. The summed E-state index contributed by atoms with van der Waals surface area (Å²) >= 11 is 3.38. The maximum absolute atomic E-state index is 13.0. The molecule has 0 saturated heterocycles. The minimum absolute atomic E-state index is 0.0440. The molecule has 0 radical (unpaired) electrons. The first-order chi connectivity index (χ1) is 13.6. The zero-order valence-electron chi connectivity index (χ0n) is 16.3. The minimum atomic E-state index is -4.11. The Hall–Kier alpha value is -2.45. The molecule has 0 aliphatic carbocycles. The largest absolute Gasteiger partial charge is 0.325 e. The monoisotopic (exact) mass is 476 g/mol. The van der Waals surface area contributed by atoms with Crippen LogP contribution in [0, 0.1) is 6.92 Å². The van der Waals surface area contributed by atoms with Crippen molar-refractivity contribution in [1.29, 1.82) is 0 Å². The average Bonchev–Trinajstić information content (AvgIpc) is 2.84. The Morgan fingerprint density at radius 1 is 1.10 bits per heavy atom. The lowest BCUT2D eigenvalue weighted by Crippen LogP contribution is -2.38. The van der Waals surface area contributed by atoms with Crippen LogP contribution in [0.1, 0.15) is 30.5 Å². The molecule has 0 unspecified atom stereocenters. The zero-order valence-corrected chi connectivity index (χ0v) is 18.7. The third-order valence-corrected chi connectivity index (χ3v) is 7.61. The summed E-state index contributed by atoms with van der Waals surface area (Å²) in [6.07, 6.45) is 0.825. The first-order valence-electron chi connectivity index (χ1n) is 9.08. The van der Waals surface area contributed by atoms with Crippen molar-refractivity contribution in [3.05, 3.63) is 69.2 Å². The van der Waals surface area contributed by atoms with Crippen LogP contribution in [0.4, 0.5) is 5.69 Å². The van der Waals surface area contributed by atoms with Crippen LogP contribution in [-0.4, -0.2) is 31.1 Å². The molecule has 1 aliphatic heterocycles. The Labute approximate surface area is 178 Å². The molecule has 0 atom stereocenters. The highest BCUT2D eigenvalue weighted by atomic mass is 79.9. The third kappa shape index (κ3) is 4.13. The van der Waals surface area contributed by atoms with Crippen molar-refractivity contribution in [2.75, 3.05) is 11.9 Å². The molecule has 0 spiro atoms. The number of nitrogens with zero attached hydrogens (tertiary/aromatic N) is 1. The lowest BCUT2D eigenvalue weighted by atomic mass is 10.1. The summed E-state index contributed by atoms with van der Waals surface area (Å²) in [7, 11) is -4.11. The number of rotatable bonds is 5. The maximum atomic E-state index is 13.0. The van der Waals surface area contributed by atoms with Crippen molar-refractivity contribution in [3.63, 3.8) is 0 Å². The van der Waals surface area contributed by atoms with E-state index in [0.29, 0.717) is 15.6 Å². The second-order valence-corrected chi connectivity index (χ2v) is 9.49. The van der Waals surface area contributed by atoms with Gasteiger partial charge < -0.3 is 5.32 Å². The summed E-state index contributed by atoms with van der Waals surface area (Å²) in [4.78, 5) is 25.0. The highest BCUT2D eigenvalue weighted by molar-refractivity contribution is 9.10. The fourth-order valence-electron chi connectivity index (χ4n) is 3.16. The van der Waals surface area contributed by atoms with Gasteiger partial charge in [0.2, 0.25) is 5.91 Å². The Kier molecular flexibility index (Phi) is 5.95. The van der Waals surface area contributed by atoms with Crippen molar-refractivity contribution in [2.24, 2.45) is 0 Å². The van der Waals surface area contributed by atoms with Gasteiger partial charge in [0.05, 0.1) is 0 Å². The topological polar surface area (TPSA) is 83.6 Å². The number of carbonyl (C=O) groups is 2. The van der Waals surface area contributed by atoms with E-state index in [9.17, 15) is 18.0 Å². The highest BCUT2D eigenvalue weighted by Gasteiger charge is 2.43. The van der Waals surface area contributed by atoms with Gasteiger partial charge in [-0.1, -0.05) is 47.1 Å². The van der Waals surface area contributed by atoms with Crippen LogP contribution in [0.2, 0.25) is 0 Å².